The molecule has 0 aromatic heterocycles. The Hall–Kier alpha value is -5.64. The molecule has 0 N–H and O–H groups in total. The summed E-state index contributed by atoms with van der Waals surface area (Å²) in [5.74, 6) is 15.5. The van der Waals surface area contributed by atoms with Crippen LogP contribution < -0.4 is 0 Å². The lowest BCUT2D eigenvalue weighted by Gasteiger charge is -2.32. The number of rotatable bonds is 9. The van der Waals surface area contributed by atoms with E-state index in [1.807, 2.05) is 36.4 Å². The molecule has 0 spiro atoms. The van der Waals surface area contributed by atoms with E-state index in [4.69, 9.17) is 0 Å². The highest BCUT2D eigenvalue weighted by molar-refractivity contribution is 6.41. The molecule has 6 heteroatoms. The molecule has 2 heterocycles. The van der Waals surface area contributed by atoms with E-state index in [0.29, 0.717) is 52.4 Å². The predicted molar refractivity (Wildman–Crippen MR) is 204 cm³/mol. The van der Waals surface area contributed by atoms with E-state index in [1.165, 1.54) is 9.80 Å². The molecule has 0 saturated heterocycles. The molecule has 51 heavy (non-hydrogen) atoms. The van der Waals surface area contributed by atoms with Gasteiger partial charge in [-0.1, -0.05) is 95.9 Å². The average Bonchev–Trinajstić information content (AvgIpc) is 3.11. The monoisotopic (exact) mass is 672 g/mol. The van der Waals surface area contributed by atoms with Crippen LogP contribution in [0, 0.1) is 40.9 Å². The number of unbranched alkanes of at least 4 members (excludes halogenated alkanes) is 4. The Morgan fingerprint density at radius 3 is 1.53 bits per heavy atom. The molecule has 5 aromatic rings. The first-order valence-electron chi connectivity index (χ1n) is 17.9. The van der Waals surface area contributed by atoms with Crippen molar-refractivity contribution in [3.63, 3.8) is 0 Å². The molecule has 7 rings (SSSR count). The van der Waals surface area contributed by atoms with Crippen molar-refractivity contribution in [3.05, 3.63) is 70.8 Å². The van der Waals surface area contributed by atoms with E-state index in [1.54, 1.807) is 19.1 Å². The van der Waals surface area contributed by atoms with Crippen LogP contribution in [-0.2, 0) is 0 Å². The summed E-state index contributed by atoms with van der Waals surface area (Å²) in [6.45, 7) is 10.5. The largest absolute Gasteiger partial charge is 0.274 e. The molecule has 254 valence electrons. The fourth-order valence-corrected chi connectivity index (χ4v) is 7.72. The third-order valence-electron chi connectivity index (χ3n) is 10.3. The molecule has 0 radical (unpaired) electrons. The highest BCUT2D eigenvalue weighted by Gasteiger charge is 2.39. The van der Waals surface area contributed by atoms with Crippen molar-refractivity contribution in [1.29, 1.82) is 0 Å². The molecule has 1 atom stereocenters. The van der Waals surface area contributed by atoms with Gasteiger partial charge in [-0.25, -0.2) is 0 Å². The third kappa shape index (κ3) is 5.68. The minimum Gasteiger partial charge on any atom is -0.274 e. The van der Waals surface area contributed by atoms with Crippen LogP contribution in [0.5, 0.6) is 0 Å². The highest BCUT2D eigenvalue weighted by Crippen LogP contribution is 2.46. The number of nitrogens with zero attached hydrogens (tertiary/aromatic N) is 2. The molecule has 6 nitrogen and oxygen atoms in total. The zero-order valence-electron chi connectivity index (χ0n) is 29.9. The van der Waals surface area contributed by atoms with Gasteiger partial charge in [0.25, 0.3) is 23.6 Å². The number of imide groups is 2. The molecule has 4 amide bonds. The van der Waals surface area contributed by atoms with Crippen LogP contribution in [0.3, 0.4) is 0 Å². The molecule has 2 aliphatic heterocycles. The van der Waals surface area contributed by atoms with Crippen LogP contribution in [0.25, 0.3) is 43.1 Å². The average molecular weight is 673 g/mol. The molecule has 1 unspecified atom stereocenters. The fraction of sp³-hybridized carbons (Fsp3) is 0.333. The van der Waals surface area contributed by atoms with Gasteiger partial charge in [-0.3, -0.25) is 29.0 Å². The summed E-state index contributed by atoms with van der Waals surface area (Å²) >= 11 is 0. The van der Waals surface area contributed by atoms with Gasteiger partial charge in [-0.15, -0.1) is 0 Å². The summed E-state index contributed by atoms with van der Waals surface area (Å²) in [6.07, 6.45) is 6.45. The van der Waals surface area contributed by atoms with Crippen molar-refractivity contribution >= 4 is 66.7 Å². The van der Waals surface area contributed by atoms with E-state index in [2.05, 4.69) is 63.2 Å². The minimum atomic E-state index is -0.624. The maximum Gasteiger partial charge on any atom is 0.262 e. The van der Waals surface area contributed by atoms with E-state index in [9.17, 15) is 19.2 Å². The highest BCUT2D eigenvalue weighted by atomic mass is 16.2. The Kier molecular flexibility index (Phi) is 8.79. The van der Waals surface area contributed by atoms with Crippen LogP contribution >= 0.6 is 0 Å². The number of benzene rings is 5. The van der Waals surface area contributed by atoms with Crippen molar-refractivity contribution in [2.45, 2.75) is 85.6 Å². The molecule has 5 aromatic carbocycles. The van der Waals surface area contributed by atoms with E-state index < -0.39 is 6.04 Å². The molecular formula is C45H40N2O4. The van der Waals surface area contributed by atoms with Crippen LogP contribution in [-0.4, -0.2) is 46.0 Å². The fourth-order valence-electron chi connectivity index (χ4n) is 7.72. The summed E-state index contributed by atoms with van der Waals surface area (Å²) in [4.78, 5) is 59.0. The molecule has 0 fully saturated rings. The van der Waals surface area contributed by atoms with Crippen molar-refractivity contribution < 1.29 is 19.2 Å². The lowest BCUT2D eigenvalue weighted by molar-refractivity contribution is 0.0561. The number of hydrogen-bond acceptors (Lipinski definition) is 4. The Labute approximate surface area is 298 Å². The summed E-state index contributed by atoms with van der Waals surface area (Å²) in [7, 11) is 0. The Morgan fingerprint density at radius 1 is 0.588 bits per heavy atom. The van der Waals surface area contributed by atoms with Crippen molar-refractivity contribution in [2.24, 2.45) is 5.41 Å². The summed E-state index contributed by atoms with van der Waals surface area (Å²) in [5.41, 5.74) is 1.92. The topological polar surface area (TPSA) is 74.8 Å². The zero-order chi connectivity index (χ0) is 36.0. The first-order valence-corrected chi connectivity index (χ1v) is 17.9. The van der Waals surface area contributed by atoms with Crippen LogP contribution in [0.2, 0.25) is 0 Å². The molecule has 0 saturated carbocycles. The second-order valence-corrected chi connectivity index (χ2v) is 14.8. The normalized spacial score (nSPS) is 14.5. The van der Waals surface area contributed by atoms with Gasteiger partial charge in [0.2, 0.25) is 0 Å². The van der Waals surface area contributed by atoms with Gasteiger partial charge in [0, 0.05) is 39.6 Å². The minimum absolute atomic E-state index is 0.0334. The summed E-state index contributed by atoms with van der Waals surface area (Å²) < 4.78 is 0. The van der Waals surface area contributed by atoms with E-state index in [0.717, 1.165) is 64.4 Å². The standard InChI is InChI=1S/C45H40N2O4/c1-6-8-10-12-14-16-28(17-15-13-11-9-7-2)47-43(50)35-24-20-31-29-18-22-33-39-34(42(49)46(41(33)48)27-26-45(3,4)5)23-19-30(37(29)39)32-21-25-36(44(47)51)40(35)38(31)32/h18-25,28H,6,8,10,12,14,16,26-27H2,1-5H3. The quantitative estimate of drug-likeness (QED) is 0.0515. The Bertz CT molecular complexity index is 2380. The third-order valence-corrected chi connectivity index (χ3v) is 10.3. The molecule has 0 aliphatic carbocycles. The van der Waals surface area contributed by atoms with Crippen molar-refractivity contribution in [3.8, 4) is 35.5 Å². The van der Waals surface area contributed by atoms with E-state index >= 15 is 0 Å². The lowest BCUT2D eigenvalue weighted by atomic mass is 9.82. The zero-order valence-corrected chi connectivity index (χ0v) is 29.9. The predicted octanol–water partition coefficient (Wildman–Crippen LogP) is 9.12. The Morgan fingerprint density at radius 2 is 1.06 bits per heavy atom. The van der Waals surface area contributed by atoms with Crippen molar-refractivity contribution in [2.75, 3.05) is 6.54 Å². The number of carbonyl (C=O) groups is 4. The summed E-state index contributed by atoms with van der Waals surface area (Å²) in [6, 6.07) is 14.4. The SMILES string of the molecule is CC#CC#CC#CC(CCCCCCC)N1C(=O)c2ccc3c4ccc5c6c(ccc(c7ccc(c2c37)C1=O)c64)C(=O)N(CCC(C)(C)C)C5=O. The first-order chi connectivity index (χ1) is 24.6. The first kappa shape index (κ1) is 33.8. The number of hydrogen-bond donors (Lipinski definition) is 0. The Balaban J connectivity index is 1.36. The van der Waals surface area contributed by atoms with Crippen LogP contribution in [0.4, 0.5) is 0 Å². The second kappa shape index (κ2) is 13.2. The van der Waals surface area contributed by atoms with Gasteiger partial charge >= 0.3 is 0 Å². The number of fused-ring (bicyclic) bond motifs is 2. The van der Waals surface area contributed by atoms with Gasteiger partial charge in [0.15, 0.2) is 0 Å². The molecular weight excluding hydrogens is 633 g/mol. The summed E-state index contributed by atoms with van der Waals surface area (Å²) in [5, 5.41) is 6.44. The second-order valence-electron chi connectivity index (χ2n) is 14.8. The number of amides is 4. The van der Waals surface area contributed by atoms with Crippen molar-refractivity contribution in [1.82, 2.24) is 9.80 Å². The van der Waals surface area contributed by atoms with Crippen LogP contribution in [0.1, 0.15) is 121 Å². The number of carbonyl (C=O) groups excluding carboxylic acids is 4. The molecule has 2 aliphatic rings. The smallest absolute Gasteiger partial charge is 0.262 e. The lowest BCUT2D eigenvalue weighted by Crippen LogP contribution is -2.46. The van der Waals surface area contributed by atoms with Gasteiger partial charge in [-0.2, -0.15) is 0 Å². The van der Waals surface area contributed by atoms with Crippen LogP contribution in [0.15, 0.2) is 48.5 Å². The van der Waals surface area contributed by atoms with Gasteiger partial charge in [-0.05, 0) is 105 Å². The maximum absolute atomic E-state index is 14.3. The van der Waals surface area contributed by atoms with E-state index in [-0.39, 0.29) is 29.0 Å². The maximum atomic E-state index is 14.3. The van der Waals surface area contributed by atoms with Gasteiger partial charge < -0.3 is 0 Å². The van der Waals surface area contributed by atoms with Gasteiger partial charge in [0.05, 0.1) is 0 Å². The van der Waals surface area contributed by atoms with Gasteiger partial charge in [0.1, 0.15) is 6.04 Å². The molecule has 0 bridgehead atoms.